The zero-order chi connectivity index (χ0) is 16.4. The van der Waals surface area contributed by atoms with Gasteiger partial charge in [-0.05, 0) is 6.07 Å². The third-order valence-corrected chi connectivity index (χ3v) is 3.59. The molecule has 1 aromatic rings. The lowest BCUT2D eigenvalue weighted by Crippen LogP contribution is -2.37. The molecule has 0 spiro atoms. The number of anilines is 1. The first-order chi connectivity index (χ1) is 10.3. The van der Waals surface area contributed by atoms with Gasteiger partial charge in [0.2, 0.25) is 5.91 Å². The van der Waals surface area contributed by atoms with Crippen LogP contribution in [0.3, 0.4) is 0 Å². The van der Waals surface area contributed by atoms with Gasteiger partial charge in [0.1, 0.15) is 11.1 Å². The molecule has 0 saturated carbocycles. The second-order valence-electron chi connectivity index (χ2n) is 4.37. The molecule has 0 atom stereocenters. The minimum atomic E-state index is -1.08. The predicted octanol–water partition coefficient (Wildman–Crippen LogP) is 0.607. The molecule has 0 radical (unpaired) electrons. The number of carbonyl (C=O) groups is 4. The van der Waals surface area contributed by atoms with Crippen LogP contribution >= 0.6 is 23.2 Å². The van der Waals surface area contributed by atoms with Crippen LogP contribution < -0.4 is 16.0 Å². The molecule has 3 amide bonds. The standard InChI is InChI=1S/C13H9Cl2N3O4/c1-2-5(19)3-8(20)17-11-9(15)6(14)4-7-10(11)18-13(22)12(21)16-7/h4H,2-3H2,1H3,(H,17,20). The summed E-state index contributed by atoms with van der Waals surface area (Å²) in [6.07, 6.45) is -0.139. The highest BCUT2D eigenvalue weighted by Gasteiger charge is 2.21. The Kier molecular flexibility index (Phi) is 4.68. The van der Waals surface area contributed by atoms with Crippen LogP contribution in [0.4, 0.5) is 5.69 Å². The van der Waals surface area contributed by atoms with Gasteiger partial charge in [0.15, 0.2) is 0 Å². The molecule has 0 fully saturated rings. The van der Waals surface area contributed by atoms with Crippen molar-refractivity contribution in [3.8, 4) is 0 Å². The SMILES string of the molecule is CCC(=O)CC(=O)Nc1c(Cl)c(Cl)cc2c1=NC(=O)C(=O)N=2. The fourth-order valence-electron chi connectivity index (χ4n) is 1.71. The van der Waals surface area contributed by atoms with Crippen LogP contribution in [0.25, 0.3) is 0 Å². The van der Waals surface area contributed by atoms with E-state index in [2.05, 4.69) is 15.3 Å². The number of benzene rings is 1. The molecule has 1 N–H and O–H groups in total. The Morgan fingerprint density at radius 1 is 1.18 bits per heavy atom. The molecule has 2 rings (SSSR count). The fraction of sp³-hybridized carbons (Fsp3) is 0.231. The monoisotopic (exact) mass is 341 g/mol. The molecule has 0 saturated heterocycles. The summed E-state index contributed by atoms with van der Waals surface area (Å²) in [4.78, 5) is 52.8. The maximum atomic E-state index is 11.8. The number of hydrogen-bond acceptors (Lipinski definition) is 4. The van der Waals surface area contributed by atoms with Crippen molar-refractivity contribution in [2.75, 3.05) is 5.32 Å². The third kappa shape index (κ3) is 3.20. The van der Waals surface area contributed by atoms with Gasteiger partial charge in [0.25, 0.3) is 0 Å². The lowest BCUT2D eigenvalue weighted by Gasteiger charge is -2.10. The van der Waals surface area contributed by atoms with Crippen molar-refractivity contribution in [1.82, 2.24) is 0 Å². The Labute approximate surface area is 134 Å². The van der Waals surface area contributed by atoms with E-state index >= 15 is 0 Å². The van der Waals surface area contributed by atoms with Crippen LogP contribution in [0.15, 0.2) is 16.1 Å². The summed E-state index contributed by atoms with van der Waals surface area (Å²) in [6, 6.07) is 1.26. The Morgan fingerprint density at radius 2 is 1.82 bits per heavy atom. The minimum absolute atomic E-state index is 0.0242. The average Bonchev–Trinajstić information content (AvgIpc) is 2.46. The summed E-state index contributed by atoms with van der Waals surface area (Å²) in [7, 11) is 0. The molecule has 1 aliphatic heterocycles. The van der Waals surface area contributed by atoms with Crippen LogP contribution in [0, 0.1) is 0 Å². The molecule has 114 valence electrons. The largest absolute Gasteiger partial charge is 0.338 e. The molecule has 0 aliphatic carbocycles. The highest BCUT2D eigenvalue weighted by atomic mass is 35.5. The van der Waals surface area contributed by atoms with E-state index in [1.54, 1.807) is 6.92 Å². The molecule has 9 heteroatoms. The highest BCUT2D eigenvalue weighted by molar-refractivity contribution is 6.44. The van der Waals surface area contributed by atoms with Gasteiger partial charge in [-0.2, -0.15) is 0 Å². The summed E-state index contributed by atoms with van der Waals surface area (Å²) < 4.78 is 0. The number of nitrogens with zero attached hydrogens (tertiary/aromatic N) is 2. The van der Waals surface area contributed by atoms with Gasteiger partial charge in [0, 0.05) is 6.42 Å². The fourth-order valence-corrected chi connectivity index (χ4v) is 2.10. The topological polar surface area (TPSA) is 105 Å². The highest BCUT2D eigenvalue weighted by Crippen LogP contribution is 2.25. The first-order valence-electron chi connectivity index (χ1n) is 6.18. The van der Waals surface area contributed by atoms with E-state index in [0.29, 0.717) is 0 Å². The van der Waals surface area contributed by atoms with Crippen molar-refractivity contribution >= 4 is 52.4 Å². The average molecular weight is 342 g/mol. The Balaban J connectivity index is 2.53. The van der Waals surface area contributed by atoms with Crippen LogP contribution in [0.5, 0.6) is 0 Å². The number of hydrogen-bond donors (Lipinski definition) is 1. The van der Waals surface area contributed by atoms with Gasteiger partial charge >= 0.3 is 11.8 Å². The van der Waals surface area contributed by atoms with Crippen LogP contribution in [0.2, 0.25) is 10.0 Å². The summed E-state index contributed by atoms with van der Waals surface area (Å²) in [6.45, 7) is 1.63. The van der Waals surface area contributed by atoms with E-state index in [9.17, 15) is 19.2 Å². The third-order valence-electron chi connectivity index (χ3n) is 2.81. The second kappa shape index (κ2) is 6.33. The summed E-state index contributed by atoms with van der Waals surface area (Å²) in [5.41, 5.74) is -0.0531. The lowest BCUT2D eigenvalue weighted by molar-refractivity contribution is -0.135. The molecular weight excluding hydrogens is 333 g/mol. The molecule has 1 heterocycles. The normalized spacial score (nSPS) is 13.0. The predicted molar refractivity (Wildman–Crippen MR) is 77.3 cm³/mol. The lowest BCUT2D eigenvalue weighted by atomic mass is 10.2. The first-order valence-corrected chi connectivity index (χ1v) is 6.94. The van der Waals surface area contributed by atoms with Gasteiger partial charge in [-0.3, -0.25) is 19.2 Å². The molecular formula is C13H9Cl2N3O4. The van der Waals surface area contributed by atoms with Gasteiger partial charge in [-0.1, -0.05) is 30.1 Å². The molecule has 0 bridgehead atoms. The zero-order valence-corrected chi connectivity index (χ0v) is 12.8. The van der Waals surface area contributed by atoms with E-state index < -0.39 is 17.7 Å². The van der Waals surface area contributed by atoms with E-state index in [0.717, 1.165) is 0 Å². The maximum absolute atomic E-state index is 11.8. The Hall–Kier alpha value is -2.12. The van der Waals surface area contributed by atoms with E-state index in [1.807, 2.05) is 0 Å². The second-order valence-corrected chi connectivity index (χ2v) is 5.15. The number of halogens is 2. The van der Waals surface area contributed by atoms with Gasteiger partial charge in [-0.25, -0.2) is 9.98 Å². The number of carbonyl (C=O) groups excluding carboxylic acids is 4. The number of ketones is 1. The van der Waals surface area contributed by atoms with Crippen molar-refractivity contribution < 1.29 is 19.2 Å². The molecule has 0 aromatic heterocycles. The molecule has 0 unspecified atom stereocenters. The van der Waals surface area contributed by atoms with E-state index in [-0.39, 0.29) is 45.1 Å². The van der Waals surface area contributed by atoms with Crippen LogP contribution in [0.1, 0.15) is 19.8 Å². The number of amides is 3. The summed E-state index contributed by atoms with van der Waals surface area (Å²) >= 11 is 11.9. The Bertz CT molecular complexity index is 833. The van der Waals surface area contributed by atoms with E-state index in [1.165, 1.54) is 6.07 Å². The number of rotatable bonds is 4. The van der Waals surface area contributed by atoms with Crippen molar-refractivity contribution in [3.05, 3.63) is 26.8 Å². The quantitative estimate of drug-likeness (QED) is 0.639. The van der Waals surface area contributed by atoms with Crippen molar-refractivity contribution in [2.45, 2.75) is 19.8 Å². The maximum Gasteiger partial charge on any atom is 0.338 e. The van der Waals surface area contributed by atoms with Crippen LogP contribution in [-0.4, -0.2) is 23.5 Å². The summed E-state index contributed by atoms with van der Waals surface area (Å²) in [5, 5.41) is 2.32. The van der Waals surface area contributed by atoms with Gasteiger partial charge < -0.3 is 5.32 Å². The van der Waals surface area contributed by atoms with Crippen molar-refractivity contribution in [3.63, 3.8) is 0 Å². The molecule has 1 aliphatic rings. The minimum Gasteiger partial charge on any atom is -0.322 e. The van der Waals surface area contributed by atoms with Gasteiger partial charge in [0.05, 0.1) is 27.5 Å². The Morgan fingerprint density at radius 3 is 2.45 bits per heavy atom. The molecule has 22 heavy (non-hydrogen) atoms. The van der Waals surface area contributed by atoms with E-state index in [4.69, 9.17) is 23.2 Å². The number of fused-ring (bicyclic) bond motifs is 1. The van der Waals surface area contributed by atoms with Crippen molar-refractivity contribution in [2.24, 2.45) is 9.98 Å². The van der Waals surface area contributed by atoms with Crippen molar-refractivity contribution in [1.29, 1.82) is 0 Å². The first kappa shape index (κ1) is 16.3. The molecule has 1 aromatic carbocycles. The molecule has 7 nitrogen and oxygen atoms in total. The zero-order valence-electron chi connectivity index (χ0n) is 11.3. The van der Waals surface area contributed by atoms with Gasteiger partial charge in [-0.15, -0.1) is 0 Å². The smallest absolute Gasteiger partial charge is 0.322 e. The number of Topliss-reactive ketones (excluding diaryl/α,β-unsaturated/α-hetero) is 1. The van der Waals surface area contributed by atoms with Crippen LogP contribution in [-0.2, 0) is 19.2 Å². The number of nitrogens with one attached hydrogen (secondary N) is 1. The summed E-state index contributed by atoms with van der Waals surface area (Å²) in [5.74, 6) is -3.01.